The first-order valence-corrected chi connectivity index (χ1v) is 7.99. The van der Waals surface area contributed by atoms with Crippen molar-refractivity contribution in [2.24, 2.45) is 0 Å². The molecule has 0 aliphatic carbocycles. The molecule has 0 radical (unpaired) electrons. The van der Waals surface area contributed by atoms with Crippen LogP contribution in [0.25, 0.3) is 10.9 Å². The molecular formula is C20H21NO3. The fourth-order valence-electron chi connectivity index (χ4n) is 3.05. The number of fused-ring (bicyclic) bond motifs is 1. The molecule has 0 saturated carbocycles. The third kappa shape index (κ3) is 3.00. The van der Waals surface area contributed by atoms with Crippen molar-refractivity contribution in [1.29, 1.82) is 0 Å². The number of aryl methyl sites for hydroxylation is 3. The van der Waals surface area contributed by atoms with Gasteiger partial charge in [0.2, 0.25) is 0 Å². The third-order valence-corrected chi connectivity index (χ3v) is 4.25. The molecule has 24 heavy (non-hydrogen) atoms. The zero-order valence-corrected chi connectivity index (χ0v) is 14.2. The van der Waals surface area contributed by atoms with Crippen molar-refractivity contribution in [2.75, 3.05) is 6.61 Å². The summed E-state index contributed by atoms with van der Waals surface area (Å²) in [5, 5.41) is 10.4. The average Bonchev–Trinajstić information content (AvgIpc) is 2.88. The number of carbonyl (C=O) groups is 1. The number of carboxylic acids is 1. The smallest absolute Gasteiger partial charge is 0.352 e. The van der Waals surface area contributed by atoms with Crippen LogP contribution in [0.15, 0.2) is 42.5 Å². The predicted octanol–water partition coefficient (Wildman–Crippen LogP) is 4.34. The van der Waals surface area contributed by atoms with Gasteiger partial charge in [0.05, 0.1) is 6.54 Å². The molecule has 0 saturated heterocycles. The molecular weight excluding hydrogens is 302 g/mol. The van der Waals surface area contributed by atoms with E-state index in [1.54, 1.807) is 6.07 Å². The first-order valence-electron chi connectivity index (χ1n) is 7.99. The monoisotopic (exact) mass is 323 g/mol. The van der Waals surface area contributed by atoms with Crippen LogP contribution in [0.4, 0.5) is 0 Å². The number of hydrogen-bond acceptors (Lipinski definition) is 2. The number of aromatic carboxylic acids is 1. The Labute approximate surface area is 141 Å². The summed E-state index contributed by atoms with van der Waals surface area (Å²) in [4.78, 5) is 11.6. The molecule has 3 aromatic rings. The molecule has 0 aliphatic heterocycles. The zero-order chi connectivity index (χ0) is 17.3. The van der Waals surface area contributed by atoms with Gasteiger partial charge < -0.3 is 14.4 Å². The number of rotatable bonds is 5. The second-order valence-electron chi connectivity index (χ2n) is 6.12. The molecule has 0 bridgehead atoms. The maximum Gasteiger partial charge on any atom is 0.352 e. The highest BCUT2D eigenvalue weighted by molar-refractivity contribution is 5.94. The van der Waals surface area contributed by atoms with Crippen molar-refractivity contribution in [3.8, 4) is 5.75 Å². The van der Waals surface area contributed by atoms with Gasteiger partial charge in [-0.25, -0.2) is 4.79 Å². The topological polar surface area (TPSA) is 51.5 Å². The fourth-order valence-corrected chi connectivity index (χ4v) is 3.05. The maximum absolute atomic E-state index is 11.6. The maximum atomic E-state index is 11.6. The Morgan fingerprint density at radius 1 is 1.08 bits per heavy atom. The van der Waals surface area contributed by atoms with E-state index >= 15 is 0 Å². The van der Waals surface area contributed by atoms with E-state index in [0.717, 1.165) is 33.3 Å². The highest BCUT2D eigenvalue weighted by Crippen LogP contribution is 2.24. The van der Waals surface area contributed by atoms with Crippen LogP contribution >= 0.6 is 0 Å². The summed E-state index contributed by atoms with van der Waals surface area (Å²) in [5.41, 5.74) is 4.50. The fraction of sp³-hybridized carbons (Fsp3) is 0.250. The van der Waals surface area contributed by atoms with Crippen molar-refractivity contribution in [3.63, 3.8) is 0 Å². The number of benzene rings is 2. The number of carboxylic acid groups (broad SMARTS) is 1. The van der Waals surface area contributed by atoms with E-state index in [0.29, 0.717) is 18.8 Å². The lowest BCUT2D eigenvalue weighted by Gasteiger charge is -2.14. The Morgan fingerprint density at radius 2 is 1.79 bits per heavy atom. The van der Waals surface area contributed by atoms with Crippen LogP contribution in [-0.2, 0) is 6.54 Å². The van der Waals surface area contributed by atoms with Crippen molar-refractivity contribution in [3.05, 3.63) is 64.8 Å². The van der Waals surface area contributed by atoms with Gasteiger partial charge in [-0.2, -0.15) is 0 Å². The molecule has 1 heterocycles. The van der Waals surface area contributed by atoms with Crippen LogP contribution in [0, 0.1) is 20.8 Å². The van der Waals surface area contributed by atoms with Gasteiger partial charge in [-0.05, 0) is 49.6 Å². The van der Waals surface area contributed by atoms with E-state index in [1.807, 2.05) is 61.7 Å². The number of aromatic nitrogens is 1. The molecule has 4 nitrogen and oxygen atoms in total. The SMILES string of the molecule is Cc1ccc2cc(C(=O)O)n(CCOc3c(C)cccc3C)c2c1. The first kappa shape index (κ1) is 16.1. The van der Waals surface area contributed by atoms with E-state index in [1.165, 1.54) is 0 Å². The molecule has 0 unspecified atom stereocenters. The third-order valence-electron chi connectivity index (χ3n) is 4.25. The molecule has 0 aliphatic rings. The summed E-state index contributed by atoms with van der Waals surface area (Å²) >= 11 is 0. The molecule has 0 atom stereocenters. The molecule has 1 N–H and O–H groups in total. The Balaban J connectivity index is 1.88. The van der Waals surface area contributed by atoms with Gasteiger partial charge in [0.1, 0.15) is 18.1 Å². The lowest BCUT2D eigenvalue weighted by atomic mass is 10.1. The minimum absolute atomic E-state index is 0.292. The van der Waals surface area contributed by atoms with Gasteiger partial charge in [-0.15, -0.1) is 0 Å². The lowest BCUT2D eigenvalue weighted by Crippen LogP contribution is -2.14. The van der Waals surface area contributed by atoms with Crippen LogP contribution < -0.4 is 4.74 Å². The van der Waals surface area contributed by atoms with E-state index in [-0.39, 0.29) is 0 Å². The number of ether oxygens (including phenoxy) is 1. The number of hydrogen-bond donors (Lipinski definition) is 1. The minimum atomic E-state index is -0.920. The van der Waals surface area contributed by atoms with Crippen LogP contribution in [-0.4, -0.2) is 22.2 Å². The van der Waals surface area contributed by atoms with Gasteiger partial charge in [0.15, 0.2) is 0 Å². The Morgan fingerprint density at radius 3 is 2.46 bits per heavy atom. The van der Waals surface area contributed by atoms with Crippen molar-refractivity contribution >= 4 is 16.9 Å². The highest BCUT2D eigenvalue weighted by atomic mass is 16.5. The Kier molecular flexibility index (Phi) is 4.30. The summed E-state index contributed by atoms with van der Waals surface area (Å²) in [6.45, 7) is 6.94. The van der Waals surface area contributed by atoms with Crippen molar-refractivity contribution in [2.45, 2.75) is 27.3 Å². The lowest BCUT2D eigenvalue weighted by molar-refractivity contribution is 0.0684. The molecule has 0 amide bonds. The minimum Gasteiger partial charge on any atom is -0.491 e. The summed E-state index contributed by atoms with van der Waals surface area (Å²) < 4.78 is 7.76. The predicted molar refractivity (Wildman–Crippen MR) is 95.0 cm³/mol. The molecule has 2 aromatic carbocycles. The standard InChI is InChI=1S/C20H21NO3/c1-13-7-8-16-12-18(20(22)23)21(17(16)11-13)9-10-24-19-14(2)5-4-6-15(19)3/h4-8,11-12H,9-10H2,1-3H3,(H,22,23). The molecule has 0 fully saturated rings. The molecule has 0 spiro atoms. The van der Waals surface area contributed by atoms with Crippen molar-refractivity contribution < 1.29 is 14.6 Å². The van der Waals surface area contributed by atoms with E-state index in [4.69, 9.17) is 4.74 Å². The second kappa shape index (κ2) is 6.40. The normalized spacial score (nSPS) is 11.0. The summed E-state index contributed by atoms with van der Waals surface area (Å²) in [6, 6.07) is 13.7. The van der Waals surface area contributed by atoms with Gasteiger partial charge in [0.25, 0.3) is 0 Å². The average molecular weight is 323 g/mol. The Bertz CT molecular complexity index is 888. The number of para-hydroxylation sites is 1. The van der Waals surface area contributed by atoms with Gasteiger partial charge in [-0.3, -0.25) is 0 Å². The largest absolute Gasteiger partial charge is 0.491 e. The van der Waals surface area contributed by atoms with Gasteiger partial charge in [0, 0.05) is 10.9 Å². The zero-order valence-electron chi connectivity index (χ0n) is 14.2. The van der Waals surface area contributed by atoms with E-state index in [9.17, 15) is 9.90 Å². The quantitative estimate of drug-likeness (QED) is 0.759. The van der Waals surface area contributed by atoms with E-state index in [2.05, 4.69) is 0 Å². The molecule has 4 heteroatoms. The summed E-state index contributed by atoms with van der Waals surface area (Å²) in [7, 11) is 0. The number of nitrogens with zero attached hydrogens (tertiary/aromatic N) is 1. The molecule has 1 aromatic heterocycles. The van der Waals surface area contributed by atoms with Gasteiger partial charge >= 0.3 is 5.97 Å². The highest BCUT2D eigenvalue weighted by Gasteiger charge is 2.15. The van der Waals surface area contributed by atoms with Crippen LogP contribution in [0.2, 0.25) is 0 Å². The Hall–Kier alpha value is -2.75. The van der Waals surface area contributed by atoms with Crippen molar-refractivity contribution in [1.82, 2.24) is 4.57 Å². The molecule has 124 valence electrons. The summed E-state index contributed by atoms with van der Waals surface area (Å²) in [6.07, 6.45) is 0. The van der Waals surface area contributed by atoms with E-state index < -0.39 is 5.97 Å². The van der Waals surface area contributed by atoms with Gasteiger partial charge in [-0.1, -0.05) is 30.3 Å². The summed E-state index contributed by atoms with van der Waals surface area (Å²) in [5.74, 6) is -0.0436. The van der Waals surface area contributed by atoms with Crippen LogP contribution in [0.3, 0.4) is 0 Å². The molecule has 3 rings (SSSR count). The second-order valence-corrected chi connectivity index (χ2v) is 6.12. The van der Waals surface area contributed by atoms with Crippen LogP contribution in [0.5, 0.6) is 5.75 Å². The first-order chi connectivity index (χ1) is 11.5. The van der Waals surface area contributed by atoms with Crippen LogP contribution in [0.1, 0.15) is 27.2 Å².